The number of carbonyl (C=O) groups is 2. The molecule has 2 aromatic rings. The third-order valence-electron chi connectivity index (χ3n) is 3.75. The lowest BCUT2D eigenvalue weighted by Crippen LogP contribution is -2.35. The summed E-state index contributed by atoms with van der Waals surface area (Å²) in [5.41, 5.74) is 2.05. The SMILES string of the molecule is COCCCNC(=O)c1ccc(NC(=S)NC(=O)Cc2ccc(Cl)cc2)cc1. The van der Waals surface area contributed by atoms with Crippen LogP contribution in [-0.4, -0.2) is 37.2 Å². The molecule has 0 unspecified atom stereocenters. The molecule has 2 amide bonds. The Morgan fingerprint density at radius 3 is 2.39 bits per heavy atom. The van der Waals surface area contributed by atoms with E-state index >= 15 is 0 Å². The van der Waals surface area contributed by atoms with E-state index in [4.69, 9.17) is 28.6 Å². The average molecular weight is 420 g/mol. The van der Waals surface area contributed by atoms with E-state index in [1.165, 1.54) is 0 Å². The summed E-state index contributed by atoms with van der Waals surface area (Å²) in [5, 5.41) is 9.18. The lowest BCUT2D eigenvalue weighted by molar-refractivity contribution is -0.119. The minimum Gasteiger partial charge on any atom is -0.385 e. The quantitative estimate of drug-likeness (QED) is 0.452. The molecule has 0 aliphatic rings. The number of benzene rings is 2. The minimum atomic E-state index is -0.230. The molecule has 0 radical (unpaired) electrons. The maximum absolute atomic E-state index is 12.1. The molecule has 148 valence electrons. The molecule has 2 rings (SSSR count). The van der Waals surface area contributed by atoms with Gasteiger partial charge >= 0.3 is 0 Å². The standard InChI is InChI=1S/C20H22ClN3O3S/c1-27-12-2-11-22-19(26)15-5-9-17(10-6-15)23-20(28)24-18(25)13-14-3-7-16(21)8-4-14/h3-10H,2,11-13H2,1H3,(H,22,26)(H2,23,24,25,28). The topological polar surface area (TPSA) is 79.5 Å². The molecule has 0 saturated heterocycles. The molecule has 0 fully saturated rings. The van der Waals surface area contributed by atoms with Crippen molar-refractivity contribution in [1.29, 1.82) is 0 Å². The van der Waals surface area contributed by atoms with Gasteiger partial charge < -0.3 is 20.7 Å². The molecule has 2 aromatic carbocycles. The second kappa shape index (κ2) is 11.4. The van der Waals surface area contributed by atoms with Gasteiger partial charge in [-0.3, -0.25) is 9.59 Å². The fourth-order valence-corrected chi connectivity index (χ4v) is 2.70. The number of rotatable bonds is 8. The Kier molecular flexibility index (Phi) is 8.87. The van der Waals surface area contributed by atoms with Gasteiger partial charge in [0.1, 0.15) is 0 Å². The molecule has 0 bridgehead atoms. The number of methoxy groups -OCH3 is 1. The Balaban J connectivity index is 1.79. The van der Waals surface area contributed by atoms with Crippen molar-refractivity contribution >= 4 is 46.4 Å². The van der Waals surface area contributed by atoms with E-state index in [1.54, 1.807) is 55.6 Å². The molecule has 0 aromatic heterocycles. The number of hydrogen-bond donors (Lipinski definition) is 3. The number of nitrogens with one attached hydrogen (secondary N) is 3. The predicted molar refractivity (Wildman–Crippen MR) is 115 cm³/mol. The van der Waals surface area contributed by atoms with E-state index in [0.29, 0.717) is 29.4 Å². The van der Waals surface area contributed by atoms with Crippen LogP contribution in [0.3, 0.4) is 0 Å². The van der Waals surface area contributed by atoms with Crippen LogP contribution < -0.4 is 16.0 Å². The van der Waals surface area contributed by atoms with Crippen LogP contribution in [0.25, 0.3) is 0 Å². The van der Waals surface area contributed by atoms with E-state index in [2.05, 4.69) is 16.0 Å². The third kappa shape index (κ3) is 7.64. The van der Waals surface area contributed by atoms with Gasteiger partial charge in [-0.15, -0.1) is 0 Å². The van der Waals surface area contributed by atoms with E-state index in [-0.39, 0.29) is 23.3 Å². The Hall–Kier alpha value is -2.48. The zero-order valence-electron chi connectivity index (χ0n) is 15.5. The number of carbonyl (C=O) groups excluding carboxylic acids is 2. The zero-order valence-corrected chi connectivity index (χ0v) is 17.0. The van der Waals surface area contributed by atoms with Crippen molar-refractivity contribution in [3.63, 3.8) is 0 Å². The molecule has 0 spiro atoms. The van der Waals surface area contributed by atoms with Gasteiger partial charge in [0.15, 0.2) is 5.11 Å². The van der Waals surface area contributed by atoms with Gasteiger partial charge in [-0.2, -0.15) is 0 Å². The number of anilines is 1. The molecule has 0 aliphatic carbocycles. The van der Waals surface area contributed by atoms with E-state index < -0.39 is 0 Å². The summed E-state index contributed by atoms with van der Waals surface area (Å²) in [6.45, 7) is 1.15. The fraction of sp³-hybridized carbons (Fsp3) is 0.250. The number of thiocarbonyl (C=S) groups is 1. The Labute approximate surface area is 174 Å². The molecule has 28 heavy (non-hydrogen) atoms. The maximum Gasteiger partial charge on any atom is 0.251 e. The second-order valence-corrected chi connectivity index (χ2v) is 6.83. The average Bonchev–Trinajstić information content (AvgIpc) is 2.67. The van der Waals surface area contributed by atoms with Gasteiger partial charge in [0.2, 0.25) is 5.91 Å². The van der Waals surface area contributed by atoms with Crippen molar-refractivity contribution in [1.82, 2.24) is 10.6 Å². The fourth-order valence-electron chi connectivity index (χ4n) is 2.35. The molecular weight excluding hydrogens is 398 g/mol. The number of ether oxygens (including phenoxy) is 1. The molecule has 3 N–H and O–H groups in total. The van der Waals surface area contributed by atoms with Crippen molar-refractivity contribution in [2.45, 2.75) is 12.8 Å². The van der Waals surface area contributed by atoms with E-state index in [9.17, 15) is 9.59 Å². The van der Waals surface area contributed by atoms with Gasteiger partial charge in [-0.25, -0.2) is 0 Å². The highest BCUT2D eigenvalue weighted by Gasteiger charge is 2.08. The molecule has 6 nitrogen and oxygen atoms in total. The van der Waals surface area contributed by atoms with E-state index in [1.807, 2.05) is 0 Å². The molecule has 0 aliphatic heterocycles. The monoisotopic (exact) mass is 419 g/mol. The molecule has 0 saturated carbocycles. The van der Waals surface area contributed by atoms with Crippen LogP contribution in [0.5, 0.6) is 0 Å². The lowest BCUT2D eigenvalue weighted by atomic mass is 10.1. The zero-order chi connectivity index (χ0) is 20.4. The Morgan fingerprint density at radius 2 is 1.75 bits per heavy atom. The largest absolute Gasteiger partial charge is 0.385 e. The van der Waals surface area contributed by atoms with Gasteiger partial charge in [0.05, 0.1) is 6.42 Å². The number of hydrogen-bond acceptors (Lipinski definition) is 4. The van der Waals surface area contributed by atoms with Crippen molar-refractivity contribution in [2.75, 3.05) is 25.6 Å². The van der Waals surface area contributed by atoms with Crippen LogP contribution in [-0.2, 0) is 16.0 Å². The van der Waals surface area contributed by atoms with Gasteiger partial charge in [0.25, 0.3) is 5.91 Å². The smallest absolute Gasteiger partial charge is 0.251 e. The summed E-state index contributed by atoms with van der Waals surface area (Å²) >= 11 is 11.0. The highest BCUT2D eigenvalue weighted by atomic mass is 35.5. The molecule has 8 heteroatoms. The van der Waals surface area contributed by atoms with Crippen LogP contribution in [0.1, 0.15) is 22.3 Å². The van der Waals surface area contributed by atoms with Crippen molar-refractivity contribution in [3.8, 4) is 0 Å². The highest BCUT2D eigenvalue weighted by molar-refractivity contribution is 7.80. The van der Waals surface area contributed by atoms with Gasteiger partial charge in [-0.05, 0) is 60.6 Å². The third-order valence-corrected chi connectivity index (χ3v) is 4.20. The lowest BCUT2D eigenvalue weighted by Gasteiger charge is -2.10. The summed E-state index contributed by atoms with van der Waals surface area (Å²) in [6, 6.07) is 13.9. The summed E-state index contributed by atoms with van der Waals surface area (Å²) in [4.78, 5) is 24.1. The molecule has 0 heterocycles. The first kappa shape index (κ1) is 21.8. The number of amides is 2. The van der Waals surface area contributed by atoms with Crippen molar-refractivity contribution in [2.24, 2.45) is 0 Å². The summed E-state index contributed by atoms with van der Waals surface area (Å²) in [6.07, 6.45) is 0.951. The first-order chi connectivity index (χ1) is 13.5. The normalized spacial score (nSPS) is 10.2. The van der Waals surface area contributed by atoms with Gasteiger partial charge in [0, 0.05) is 36.5 Å². The Morgan fingerprint density at radius 1 is 1.07 bits per heavy atom. The molecular formula is C20H22ClN3O3S. The number of halogens is 1. The highest BCUT2D eigenvalue weighted by Crippen LogP contribution is 2.11. The van der Waals surface area contributed by atoms with Gasteiger partial charge in [-0.1, -0.05) is 23.7 Å². The summed E-state index contributed by atoms with van der Waals surface area (Å²) < 4.78 is 4.94. The van der Waals surface area contributed by atoms with Crippen LogP contribution in [0.2, 0.25) is 5.02 Å². The van der Waals surface area contributed by atoms with Crippen molar-refractivity contribution in [3.05, 3.63) is 64.7 Å². The first-order valence-corrected chi connectivity index (χ1v) is 9.49. The van der Waals surface area contributed by atoms with Crippen molar-refractivity contribution < 1.29 is 14.3 Å². The van der Waals surface area contributed by atoms with Crippen LogP contribution >= 0.6 is 23.8 Å². The van der Waals surface area contributed by atoms with E-state index in [0.717, 1.165) is 12.0 Å². The van der Waals surface area contributed by atoms with Crippen LogP contribution in [0, 0.1) is 0 Å². The molecule has 0 atom stereocenters. The summed E-state index contributed by atoms with van der Waals surface area (Å²) in [7, 11) is 1.62. The minimum absolute atomic E-state index is 0.151. The second-order valence-electron chi connectivity index (χ2n) is 5.99. The predicted octanol–water partition coefficient (Wildman–Crippen LogP) is 3.16. The first-order valence-electron chi connectivity index (χ1n) is 8.70. The Bertz CT molecular complexity index is 810. The van der Waals surface area contributed by atoms with Crippen LogP contribution in [0.15, 0.2) is 48.5 Å². The summed E-state index contributed by atoms with van der Waals surface area (Å²) in [5.74, 6) is -0.381. The maximum atomic E-state index is 12.1. The van der Waals surface area contributed by atoms with Crippen LogP contribution in [0.4, 0.5) is 5.69 Å².